The van der Waals surface area contributed by atoms with Gasteiger partial charge >= 0.3 is 0 Å². The van der Waals surface area contributed by atoms with Crippen LogP contribution in [0.15, 0.2) is 66.7 Å². The number of rotatable bonds is 3. The first kappa shape index (κ1) is 16.3. The fourth-order valence-corrected chi connectivity index (χ4v) is 3.09. The van der Waals surface area contributed by atoms with Gasteiger partial charge in [0.1, 0.15) is 5.82 Å². The maximum Gasteiger partial charge on any atom is 0.162 e. The maximum absolute atomic E-state index is 4.84. The van der Waals surface area contributed by atoms with Gasteiger partial charge in [-0.05, 0) is 44.5 Å². The first-order valence-electron chi connectivity index (χ1n) is 8.78. The standard InChI is InChI=1S/C23H21N3/c1-15-8-11-18(12-9-15)22-25-21-7-5-4-6-19(21)23(26-22)24-20-13-10-16(2)14-17(20)3/h4-14H,1-3H3,(H,24,25,26). The molecule has 0 fully saturated rings. The summed E-state index contributed by atoms with van der Waals surface area (Å²) in [4.78, 5) is 9.60. The molecule has 0 aliphatic heterocycles. The van der Waals surface area contributed by atoms with Gasteiger partial charge in [0.25, 0.3) is 0 Å². The van der Waals surface area contributed by atoms with Crippen LogP contribution in [0.5, 0.6) is 0 Å². The van der Waals surface area contributed by atoms with Gasteiger partial charge in [-0.25, -0.2) is 9.97 Å². The molecule has 4 rings (SSSR count). The summed E-state index contributed by atoms with van der Waals surface area (Å²) < 4.78 is 0. The Morgan fingerprint density at radius 1 is 0.731 bits per heavy atom. The predicted molar refractivity (Wildman–Crippen MR) is 109 cm³/mol. The third kappa shape index (κ3) is 3.16. The normalized spacial score (nSPS) is 10.9. The van der Waals surface area contributed by atoms with Crippen LogP contribution in [0.3, 0.4) is 0 Å². The zero-order valence-corrected chi connectivity index (χ0v) is 15.2. The third-order valence-electron chi connectivity index (χ3n) is 4.55. The van der Waals surface area contributed by atoms with Crippen molar-refractivity contribution in [2.45, 2.75) is 20.8 Å². The molecule has 1 N–H and O–H groups in total. The molecule has 3 aromatic carbocycles. The second-order valence-corrected chi connectivity index (χ2v) is 6.72. The molecule has 0 amide bonds. The van der Waals surface area contributed by atoms with Gasteiger partial charge in [0.2, 0.25) is 0 Å². The minimum absolute atomic E-state index is 0.732. The summed E-state index contributed by atoms with van der Waals surface area (Å²) >= 11 is 0. The summed E-state index contributed by atoms with van der Waals surface area (Å²) in [5, 5.41) is 4.53. The Kier molecular flexibility index (Phi) is 4.13. The molecule has 3 heteroatoms. The van der Waals surface area contributed by atoms with Crippen molar-refractivity contribution in [3.63, 3.8) is 0 Å². The van der Waals surface area contributed by atoms with Crippen LogP contribution in [0.4, 0.5) is 11.5 Å². The van der Waals surface area contributed by atoms with Crippen LogP contribution in [0.25, 0.3) is 22.3 Å². The molecule has 1 heterocycles. The highest BCUT2D eigenvalue weighted by Gasteiger charge is 2.10. The van der Waals surface area contributed by atoms with E-state index < -0.39 is 0 Å². The monoisotopic (exact) mass is 339 g/mol. The number of aromatic nitrogens is 2. The average Bonchev–Trinajstić information content (AvgIpc) is 2.64. The van der Waals surface area contributed by atoms with Crippen molar-refractivity contribution in [2.24, 2.45) is 0 Å². The van der Waals surface area contributed by atoms with E-state index in [0.29, 0.717) is 0 Å². The van der Waals surface area contributed by atoms with Crippen LogP contribution in [0, 0.1) is 20.8 Å². The number of hydrogen-bond donors (Lipinski definition) is 1. The molecule has 0 saturated heterocycles. The van der Waals surface area contributed by atoms with E-state index in [9.17, 15) is 0 Å². The lowest BCUT2D eigenvalue weighted by atomic mass is 10.1. The van der Waals surface area contributed by atoms with Crippen LogP contribution >= 0.6 is 0 Å². The highest BCUT2D eigenvalue weighted by atomic mass is 15.0. The van der Waals surface area contributed by atoms with Crippen molar-refractivity contribution in [3.05, 3.63) is 83.4 Å². The van der Waals surface area contributed by atoms with Gasteiger partial charge in [-0.1, -0.05) is 59.7 Å². The lowest BCUT2D eigenvalue weighted by Crippen LogP contribution is -2.00. The van der Waals surface area contributed by atoms with Gasteiger partial charge < -0.3 is 5.32 Å². The van der Waals surface area contributed by atoms with Crippen molar-refractivity contribution in [1.29, 1.82) is 0 Å². The summed E-state index contributed by atoms with van der Waals surface area (Å²) in [7, 11) is 0. The Labute approximate surface area is 153 Å². The first-order valence-corrected chi connectivity index (χ1v) is 8.78. The van der Waals surface area contributed by atoms with Crippen molar-refractivity contribution in [2.75, 3.05) is 5.32 Å². The van der Waals surface area contributed by atoms with Gasteiger partial charge in [-0.15, -0.1) is 0 Å². The molecule has 26 heavy (non-hydrogen) atoms. The van der Waals surface area contributed by atoms with E-state index >= 15 is 0 Å². The molecule has 0 radical (unpaired) electrons. The molecule has 0 atom stereocenters. The Balaban J connectivity index is 1.85. The number of fused-ring (bicyclic) bond motifs is 1. The van der Waals surface area contributed by atoms with Crippen LogP contribution < -0.4 is 5.32 Å². The van der Waals surface area contributed by atoms with E-state index in [-0.39, 0.29) is 0 Å². The third-order valence-corrected chi connectivity index (χ3v) is 4.55. The fraction of sp³-hybridized carbons (Fsp3) is 0.130. The molecule has 0 unspecified atom stereocenters. The van der Waals surface area contributed by atoms with Crippen LogP contribution in [0.2, 0.25) is 0 Å². The lowest BCUT2D eigenvalue weighted by Gasteiger charge is -2.13. The molecular formula is C23H21N3. The quantitative estimate of drug-likeness (QED) is 0.500. The zero-order chi connectivity index (χ0) is 18.1. The second kappa shape index (κ2) is 6.60. The average molecular weight is 339 g/mol. The summed E-state index contributed by atoms with van der Waals surface area (Å²) in [5.41, 5.74) is 6.69. The molecule has 0 aliphatic carbocycles. The number of hydrogen-bond acceptors (Lipinski definition) is 3. The van der Waals surface area contributed by atoms with E-state index in [1.807, 2.05) is 18.2 Å². The minimum Gasteiger partial charge on any atom is -0.339 e. The maximum atomic E-state index is 4.84. The number of benzene rings is 3. The topological polar surface area (TPSA) is 37.8 Å². The van der Waals surface area contributed by atoms with Crippen molar-refractivity contribution < 1.29 is 0 Å². The SMILES string of the molecule is Cc1ccc(-c2nc(Nc3ccc(C)cc3C)c3ccccc3n2)cc1. The summed E-state index contributed by atoms with van der Waals surface area (Å²) in [6, 6.07) is 22.8. The molecule has 4 aromatic rings. The second-order valence-electron chi connectivity index (χ2n) is 6.72. The number of aryl methyl sites for hydroxylation is 3. The Morgan fingerprint density at radius 3 is 2.23 bits per heavy atom. The zero-order valence-electron chi connectivity index (χ0n) is 15.2. The highest BCUT2D eigenvalue weighted by molar-refractivity contribution is 5.92. The molecule has 1 aromatic heterocycles. The molecule has 0 saturated carbocycles. The lowest BCUT2D eigenvalue weighted by molar-refractivity contribution is 1.22. The van der Waals surface area contributed by atoms with E-state index in [4.69, 9.17) is 9.97 Å². The number of nitrogens with zero attached hydrogens (tertiary/aromatic N) is 2. The van der Waals surface area contributed by atoms with Gasteiger partial charge in [-0.3, -0.25) is 0 Å². The molecular weight excluding hydrogens is 318 g/mol. The van der Waals surface area contributed by atoms with E-state index in [0.717, 1.165) is 33.8 Å². The molecule has 128 valence electrons. The highest BCUT2D eigenvalue weighted by Crippen LogP contribution is 2.28. The van der Waals surface area contributed by atoms with Gasteiger partial charge in [-0.2, -0.15) is 0 Å². The van der Waals surface area contributed by atoms with Crippen molar-refractivity contribution in [3.8, 4) is 11.4 Å². The van der Waals surface area contributed by atoms with Crippen LogP contribution in [-0.2, 0) is 0 Å². The minimum atomic E-state index is 0.732. The summed E-state index contributed by atoms with van der Waals surface area (Å²) in [5.74, 6) is 1.56. The largest absolute Gasteiger partial charge is 0.339 e. The number of para-hydroxylation sites is 1. The Morgan fingerprint density at radius 2 is 1.46 bits per heavy atom. The van der Waals surface area contributed by atoms with Gasteiger partial charge in [0, 0.05) is 16.6 Å². The fourth-order valence-electron chi connectivity index (χ4n) is 3.09. The first-order chi connectivity index (χ1) is 12.6. The van der Waals surface area contributed by atoms with E-state index in [1.54, 1.807) is 0 Å². The van der Waals surface area contributed by atoms with E-state index in [1.165, 1.54) is 16.7 Å². The van der Waals surface area contributed by atoms with Crippen molar-refractivity contribution in [1.82, 2.24) is 9.97 Å². The molecule has 0 spiro atoms. The van der Waals surface area contributed by atoms with Crippen molar-refractivity contribution >= 4 is 22.4 Å². The summed E-state index contributed by atoms with van der Waals surface area (Å²) in [6.07, 6.45) is 0. The van der Waals surface area contributed by atoms with Gasteiger partial charge in [0.15, 0.2) is 5.82 Å². The molecule has 3 nitrogen and oxygen atoms in total. The Bertz CT molecular complexity index is 1080. The Hall–Kier alpha value is -3.20. The van der Waals surface area contributed by atoms with Gasteiger partial charge in [0.05, 0.1) is 5.52 Å². The molecule has 0 aliphatic rings. The summed E-state index contributed by atoms with van der Waals surface area (Å²) in [6.45, 7) is 6.30. The van der Waals surface area contributed by atoms with Crippen LogP contribution in [-0.4, -0.2) is 9.97 Å². The molecule has 0 bridgehead atoms. The smallest absolute Gasteiger partial charge is 0.162 e. The van der Waals surface area contributed by atoms with E-state index in [2.05, 4.69) is 74.6 Å². The van der Waals surface area contributed by atoms with Crippen LogP contribution in [0.1, 0.15) is 16.7 Å². The predicted octanol–water partition coefficient (Wildman–Crippen LogP) is 5.97. The number of anilines is 2. The number of nitrogens with one attached hydrogen (secondary N) is 1.